The first-order valence-electron chi connectivity index (χ1n) is 8.51. The summed E-state index contributed by atoms with van der Waals surface area (Å²) in [6.45, 7) is 0.364. The van der Waals surface area contributed by atoms with Crippen LogP contribution in [0.3, 0.4) is 0 Å². The van der Waals surface area contributed by atoms with Crippen molar-refractivity contribution >= 4 is 29.0 Å². The Labute approximate surface area is 169 Å². The minimum absolute atomic E-state index is 0.0540. The number of halogens is 2. The molecule has 3 rings (SSSR count). The van der Waals surface area contributed by atoms with Gasteiger partial charge in [0.15, 0.2) is 5.78 Å². The van der Waals surface area contributed by atoms with Crippen LogP contribution in [0.4, 0.5) is 0 Å². The maximum Gasteiger partial charge on any atom is 0.192 e. The second-order valence-electron chi connectivity index (χ2n) is 6.08. The fourth-order valence-electron chi connectivity index (χ4n) is 2.59. The first-order valence-corrected chi connectivity index (χ1v) is 9.27. The standard InChI is InChI=1S/C23H18Cl2O2/c24-21-10-6-17(7-11-21)14-20(23(26)19-4-2-1-3-5-19)16-27-15-18-8-12-22(25)13-9-18/h1-13,16H,14-15H2/b20-16-. The molecule has 0 aromatic heterocycles. The second-order valence-corrected chi connectivity index (χ2v) is 6.95. The first kappa shape index (κ1) is 19.2. The molecule has 4 heteroatoms. The van der Waals surface area contributed by atoms with Crippen LogP contribution in [0.15, 0.2) is 90.7 Å². The lowest BCUT2D eigenvalue weighted by molar-refractivity contribution is 0.102. The summed E-state index contributed by atoms with van der Waals surface area (Å²) in [6, 6.07) is 24.1. The van der Waals surface area contributed by atoms with Crippen LogP contribution >= 0.6 is 23.2 Å². The van der Waals surface area contributed by atoms with Crippen LogP contribution in [0.5, 0.6) is 0 Å². The predicted octanol–water partition coefficient (Wildman–Crippen LogP) is 6.52. The summed E-state index contributed by atoms with van der Waals surface area (Å²) in [5.41, 5.74) is 3.18. The van der Waals surface area contributed by atoms with E-state index in [1.54, 1.807) is 18.4 Å². The van der Waals surface area contributed by atoms with Gasteiger partial charge < -0.3 is 4.74 Å². The number of benzene rings is 3. The molecule has 0 fully saturated rings. The molecule has 3 aromatic rings. The quantitative estimate of drug-likeness (QED) is 0.258. The van der Waals surface area contributed by atoms with E-state index in [1.807, 2.05) is 66.7 Å². The Morgan fingerprint density at radius 3 is 1.93 bits per heavy atom. The van der Waals surface area contributed by atoms with E-state index in [9.17, 15) is 4.79 Å². The van der Waals surface area contributed by atoms with Gasteiger partial charge in [-0.15, -0.1) is 0 Å². The molecule has 0 aliphatic carbocycles. The molecule has 27 heavy (non-hydrogen) atoms. The minimum atomic E-state index is -0.0540. The third kappa shape index (κ3) is 5.72. The highest BCUT2D eigenvalue weighted by atomic mass is 35.5. The molecule has 0 spiro atoms. The van der Waals surface area contributed by atoms with Gasteiger partial charge in [0, 0.05) is 27.6 Å². The summed E-state index contributed by atoms with van der Waals surface area (Å²) >= 11 is 11.9. The molecule has 2 nitrogen and oxygen atoms in total. The van der Waals surface area contributed by atoms with Crippen molar-refractivity contribution in [3.05, 3.63) is 117 Å². The van der Waals surface area contributed by atoms with Crippen LogP contribution in [0.25, 0.3) is 0 Å². The number of allylic oxidation sites excluding steroid dienone is 1. The highest BCUT2D eigenvalue weighted by Gasteiger charge is 2.13. The van der Waals surface area contributed by atoms with Gasteiger partial charge in [0.1, 0.15) is 6.61 Å². The van der Waals surface area contributed by atoms with Crippen molar-refractivity contribution in [2.24, 2.45) is 0 Å². The first-order chi connectivity index (χ1) is 13.1. The van der Waals surface area contributed by atoms with Gasteiger partial charge in [-0.05, 0) is 35.4 Å². The smallest absolute Gasteiger partial charge is 0.192 e. The molecule has 3 aromatic carbocycles. The maximum atomic E-state index is 12.9. The Morgan fingerprint density at radius 1 is 0.778 bits per heavy atom. The third-order valence-electron chi connectivity index (χ3n) is 4.02. The number of carbonyl (C=O) groups excluding carboxylic acids is 1. The monoisotopic (exact) mass is 396 g/mol. The summed E-state index contributed by atoms with van der Waals surface area (Å²) in [6.07, 6.45) is 2.02. The average molecular weight is 397 g/mol. The fourth-order valence-corrected chi connectivity index (χ4v) is 2.84. The Hall–Kier alpha value is -2.55. The van der Waals surface area contributed by atoms with Crippen LogP contribution in [-0.2, 0) is 17.8 Å². The number of ether oxygens (including phenoxy) is 1. The van der Waals surface area contributed by atoms with Crippen molar-refractivity contribution in [3.8, 4) is 0 Å². The molecule has 0 N–H and O–H groups in total. The van der Waals surface area contributed by atoms with E-state index in [1.165, 1.54) is 0 Å². The molecular formula is C23H18Cl2O2. The van der Waals surface area contributed by atoms with Crippen LogP contribution < -0.4 is 0 Å². The van der Waals surface area contributed by atoms with Crippen LogP contribution in [0, 0.1) is 0 Å². The van der Waals surface area contributed by atoms with Gasteiger partial charge in [0.05, 0.1) is 6.26 Å². The van der Waals surface area contributed by atoms with Crippen LogP contribution in [0.1, 0.15) is 21.5 Å². The molecule has 0 saturated carbocycles. The Morgan fingerprint density at radius 2 is 1.33 bits per heavy atom. The van der Waals surface area contributed by atoms with Gasteiger partial charge in [0.2, 0.25) is 0 Å². The summed E-state index contributed by atoms with van der Waals surface area (Å²) in [7, 11) is 0. The van der Waals surface area contributed by atoms with Crippen LogP contribution in [-0.4, -0.2) is 5.78 Å². The normalized spacial score (nSPS) is 11.3. The van der Waals surface area contributed by atoms with Gasteiger partial charge in [0.25, 0.3) is 0 Å². The van der Waals surface area contributed by atoms with Gasteiger partial charge >= 0.3 is 0 Å². The third-order valence-corrected chi connectivity index (χ3v) is 4.53. The lowest BCUT2D eigenvalue weighted by atomic mass is 9.98. The van der Waals surface area contributed by atoms with E-state index in [-0.39, 0.29) is 5.78 Å². The van der Waals surface area contributed by atoms with Gasteiger partial charge in [-0.25, -0.2) is 0 Å². The largest absolute Gasteiger partial charge is 0.496 e. The lowest BCUT2D eigenvalue weighted by Gasteiger charge is -2.09. The summed E-state index contributed by atoms with van der Waals surface area (Å²) < 4.78 is 5.71. The summed E-state index contributed by atoms with van der Waals surface area (Å²) in [5.74, 6) is -0.0540. The SMILES string of the molecule is O=C(/C(=C\OCc1ccc(Cl)cc1)Cc1ccc(Cl)cc1)c1ccccc1. The lowest BCUT2D eigenvalue weighted by Crippen LogP contribution is -2.07. The molecule has 0 bridgehead atoms. The number of ketones is 1. The van der Waals surface area contributed by atoms with Crippen molar-refractivity contribution in [1.29, 1.82) is 0 Å². The minimum Gasteiger partial charge on any atom is -0.496 e. The van der Waals surface area contributed by atoms with Gasteiger partial charge in [-0.2, -0.15) is 0 Å². The number of rotatable bonds is 7. The molecule has 0 aliphatic heterocycles. The van der Waals surface area contributed by atoms with Crippen molar-refractivity contribution in [2.75, 3.05) is 0 Å². The number of carbonyl (C=O) groups is 1. The molecule has 0 heterocycles. The summed E-state index contributed by atoms with van der Waals surface area (Å²) in [4.78, 5) is 12.9. The topological polar surface area (TPSA) is 26.3 Å². The molecule has 0 amide bonds. The van der Waals surface area contributed by atoms with Crippen molar-refractivity contribution in [3.63, 3.8) is 0 Å². The highest BCUT2D eigenvalue weighted by Crippen LogP contribution is 2.18. The van der Waals surface area contributed by atoms with Crippen molar-refractivity contribution in [2.45, 2.75) is 13.0 Å². The number of hydrogen-bond donors (Lipinski definition) is 0. The average Bonchev–Trinajstić information content (AvgIpc) is 2.70. The number of hydrogen-bond acceptors (Lipinski definition) is 2. The van der Waals surface area contributed by atoms with E-state index < -0.39 is 0 Å². The Kier molecular flexibility index (Phi) is 6.69. The molecule has 0 aliphatic rings. The molecule has 136 valence electrons. The molecule has 0 radical (unpaired) electrons. The molecular weight excluding hydrogens is 379 g/mol. The number of Topliss-reactive ketones (excluding diaryl/α,β-unsaturated/α-hetero) is 1. The van der Waals surface area contributed by atoms with Gasteiger partial charge in [-0.3, -0.25) is 4.79 Å². The zero-order valence-corrected chi connectivity index (χ0v) is 16.1. The van der Waals surface area contributed by atoms with E-state index in [4.69, 9.17) is 27.9 Å². The maximum absolute atomic E-state index is 12.9. The molecule has 0 atom stereocenters. The van der Waals surface area contributed by atoms with E-state index >= 15 is 0 Å². The van der Waals surface area contributed by atoms with Gasteiger partial charge in [-0.1, -0.05) is 77.8 Å². The Balaban J connectivity index is 1.78. The van der Waals surface area contributed by atoms with E-state index in [2.05, 4.69) is 0 Å². The van der Waals surface area contributed by atoms with Crippen molar-refractivity contribution < 1.29 is 9.53 Å². The second kappa shape index (κ2) is 9.40. The Bertz CT molecular complexity index is 915. The van der Waals surface area contributed by atoms with E-state index in [0.717, 1.165) is 11.1 Å². The van der Waals surface area contributed by atoms with Crippen molar-refractivity contribution in [1.82, 2.24) is 0 Å². The zero-order chi connectivity index (χ0) is 19.1. The van der Waals surface area contributed by atoms with E-state index in [0.29, 0.717) is 34.2 Å². The predicted molar refractivity (Wildman–Crippen MR) is 110 cm³/mol. The highest BCUT2D eigenvalue weighted by molar-refractivity contribution is 6.30. The molecule has 0 saturated heterocycles. The molecule has 0 unspecified atom stereocenters. The van der Waals surface area contributed by atoms with Crippen LogP contribution in [0.2, 0.25) is 10.0 Å². The summed E-state index contributed by atoms with van der Waals surface area (Å²) in [5, 5.41) is 1.34. The fraction of sp³-hybridized carbons (Fsp3) is 0.0870. The zero-order valence-electron chi connectivity index (χ0n) is 14.6.